The molecular weight excluding hydrogens is 278 g/mol. The Morgan fingerprint density at radius 3 is 2.64 bits per heavy atom. The van der Waals surface area contributed by atoms with Gasteiger partial charge in [-0.05, 0) is 41.5 Å². The molecule has 0 amide bonds. The number of carboxylic acid groups (broad SMARTS) is 1. The van der Waals surface area contributed by atoms with Crippen molar-refractivity contribution in [1.29, 1.82) is 0 Å². The standard InChI is InChI=1S/C18H15NO3/c1-22-17-7-3-6-16(11-17)19-9-8-15(12-19)13-4-2-5-14(10-13)18(20)21/h2-12H,1H3,(H,20,21). The van der Waals surface area contributed by atoms with Crippen LogP contribution in [0.25, 0.3) is 16.8 Å². The van der Waals surface area contributed by atoms with Crippen LogP contribution in [0.5, 0.6) is 5.75 Å². The van der Waals surface area contributed by atoms with E-state index in [1.54, 1.807) is 25.3 Å². The minimum atomic E-state index is -0.922. The SMILES string of the molecule is COc1cccc(-n2ccc(-c3cccc(C(=O)O)c3)c2)c1. The summed E-state index contributed by atoms with van der Waals surface area (Å²) in [6, 6.07) is 16.6. The van der Waals surface area contributed by atoms with Crippen molar-refractivity contribution in [2.24, 2.45) is 0 Å². The van der Waals surface area contributed by atoms with Crippen LogP contribution < -0.4 is 4.74 Å². The first-order valence-electron chi connectivity index (χ1n) is 6.83. The van der Waals surface area contributed by atoms with Gasteiger partial charge in [-0.1, -0.05) is 18.2 Å². The highest BCUT2D eigenvalue weighted by Gasteiger charge is 2.07. The molecule has 110 valence electrons. The van der Waals surface area contributed by atoms with E-state index in [0.717, 1.165) is 22.6 Å². The van der Waals surface area contributed by atoms with Gasteiger partial charge in [0.15, 0.2) is 0 Å². The van der Waals surface area contributed by atoms with Gasteiger partial charge in [0.25, 0.3) is 0 Å². The fourth-order valence-electron chi connectivity index (χ4n) is 2.33. The number of hydrogen-bond acceptors (Lipinski definition) is 2. The number of aromatic carboxylic acids is 1. The van der Waals surface area contributed by atoms with Crippen molar-refractivity contribution < 1.29 is 14.6 Å². The van der Waals surface area contributed by atoms with Crippen molar-refractivity contribution in [2.75, 3.05) is 7.11 Å². The highest BCUT2D eigenvalue weighted by molar-refractivity contribution is 5.89. The lowest BCUT2D eigenvalue weighted by Gasteiger charge is -2.05. The average molecular weight is 293 g/mol. The molecule has 0 atom stereocenters. The first-order chi connectivity index (χ1) is 10.7. The van der Waals surface area contributed by atoms with E-state index in [9.17, 15) is 4.79 Å². The maximum Gasteiger partial charge on any atom is 0.335 e. The Balaban J connectivity index is 1.96. The first kappa shape index (κ1) is 13.9. The van der Waals surface area contributed by atoms with Gasteiger partial charge in [-0.25, -0.2) is 4.79 Å². The summed E-state index contributed by atoms with van der Waals surface area (Å²) in [5, 5.41) is 9.08. The van der Waals surface area contributed by atoms with Gasteiger partial charge in [-0.3, -0.25) is 0 Å². The number of methoxy groups -OCH3 is 1. The molecular formula is C18H15NO3. The maximum absolute atomic E-state index is 11.1. The van der Waals surface area contributed by atoms with E-state index in [4.69, 9.17) is 9.84 Å². The summed E-state index contributed by atoms with van der Waals surface area (Å²) >= 11 is 0. The zero-order chi connectivity index (χ0) is 15.5. The van der Waals surface area contributed by atoms with E-state index in [-0.39, 0.29) is 5.56 Å². The van der Waals surface area contributed by atoms with Gasteiger partial charge in [0.2, 0.25) is 0 Å². The Morgan fingerprint density at radius 2 is 1.86 bits per heavy atom. The third-order valence-corrected chi connectivity index (χ3v) is 3.49. The van der Waals surface area contributed by atoms with Gasteiger partial charge in [0.05, 0.1) is 12.7 Å². The molecule has 0 bridgehead atoms. The lowest BCUT2D eigenvalue weighted by atomic mass is 10.1. The molecule has 0 aliphatic carbocycles. The van der Waals surface area contributed by atoms with Crippen molar-refractivity contribution in [3.05, 3.63) is 72.6 Å². The smallest absolute Gasteiger partial charge is 0.335 e. The van der Waals surface area contributed by atoms with Crippen molar-refractivity contribution in [2.45, 2.75) is 0 Å². The largest absolute Gasteiger partial charge is 0.497 e. The van der Waals surface area contributed by atoms with Crippen LogP contribution >= 0.6 is 0 Å². The zero-order valence-corrected chi connectivity index (χ0v) is 12.1. The Morgan fingerprint density at radius 1 is 1.05 bits per heavy atom. The van der Waals surface area contributed by atoms with Crippen LogP contribution in [0.4, 0.5) is 0 Å². The van der Waals surface area contributed by atoms with Gasteiger partial charge < -0.3 is 14.4 Å². The van der Waals surface area contributed by atoms with E-state index >= 15 is 0 Å². The first-order valence-corrected chi connectivity index (χ1v) is 6.83. The van der Waals surface area contributed by atoms with Crippen LogP contribution in [0.2, 0.25) is 0 Å². The third-order valence-electron chi connectivity index (χ3n) is 3.49. The Hall–Kier alpha value is -3.01. The van der Waals surface area contributed by atoms with Gasteiger partial charge in [-0.2, -0.15) is 0 Å². The molecule has 0 radical (unpaired) electrons. The van der Waals surface area contributed by atoms with Gasteiger partial charge in [0, 0.05) is 24.1 Å². The van der Waals surface area contributed by atoms with Crippen molar-refractivity contribution in [1.82, 2.24) is 4.57 Å². The van der Waals surface area contributed by atoms with Crippen LogP contribution in [0.1, 0.15) is 10.4 Å². The molecule has 0 saturated carbocycles. The average Bonchev–Trinajstić information content (AvgIpc) is 3.05. The molecule has 4 nitrogen and oxygen atoms in total. The zero-order valence-electron chi connectivity index (χ0n) is 12.1. The quantitative estimate of drug-likeness (QED) is 0.795. The summed E-state index contributed by atoms with van der Waals surface area (Å²) in [5.41, 5.74) is 3.11. The fourth-order valence-corrected chi connectivity index (χ4v) is 2.33. The number of rotatable bonds is 4. The number of aromatic nitrogens is 1. The van der Waals surface area contributed by atoms with Crippen molar-refractivity contribution >= 4 is 5.97 Å². The summed E-state index contributed by atoms with van der Waals surface area (Å²) in [4.78, 5) is 11.1. The van der Waals surface area contributed by atoms with Gasteiger partial charge >= 0.3 is 5.97 Å². The summed E-state index contributed by atoms with van der Waals surface area (Å²) < 4.78 is 7.21. The number of benzene rings is 2. The molecule has 2 aromatic carbocycles. The second-order valence-electron chi connectivity index (χ2n) is 4.89. The molecule has 0 aliphatic rings. The molecule has 4 heteroatoms. The van der Waals surface area contributed by atoms with E-state index in [2.05, 4.69) is 0 Å². The molecule has 1 N–H and O–H groups in total. The van der Waals surface area contributed by atoms with E-state index in [0.29, 0.717) is 0 Å². The lowest BCUT2D eigenvalue weighted by molar-refractivity contribution is 0.0697. The summed E-state index contributed by atoms with van der Waals surface area (Å²) in [5.74, 6) is -0.130. The second-order valence-corrected chi connectivity index (χ2v) is 4.89. The molecule has 3 aromatic rings. The fraction of sp³-hybridized carbons (Fsp3) is 0.0556. The minimum Gasteiger partial charge on any atom is -0.497 e. The van der Waals surface area contributed by atoms with Crippen molar-refractivity contribution in [3.63, 3.8) is 0 Å². The molecule has 0 fully saturated rings. The molecule has 0 saturated heterocycles. The predicted molar refractivity (Wildman–Crippen MR) is 84.7 cm³/mol. The number of hydrogen-bond donors (Lipinski definition) is 1. The van der Waals surface area contributed by atoms with E-state index < -0.39 is 5.97 Å². The monoisotopic (exact) mass is 293 g/mol. The topological polar surface area (TPSA) is 51.5 Å². The maximum atomic E-state index is 11.1. The summed E-state index contributed by atoms with van der Waals surface area (Å²) in [7, 11) is 1.64. The number of ether oxygens (including phenoxy) is 1. The molecule has 0 unspecified atom stereocenters. The highest BCUT2D eigenvalue weighted by Crippen LogP contribution is 2.24. The normalized spacial score (nSPS) is 10.4. The van der Waals surface area contributed by atoms with Crippen LogP contribution in [-0.4, -0.2) is 22.8 Å². The molecule has 3 rings (SSSR count). The molecule has 22 heavy (non-hydrogen) atoms. The summed E-state index contributed by atoms with van der Waals surface area (Å²) in [6.45, 7) is 0. The number of carboxylic acids is 1. The molecule has 1 aromatic heterocycles. The van der Waals surface area contributed by atoms with E-state index in [1.807, 2.05) is 53.4 Å². The second kappa shape index (κ2) is 5.77. The Kier molecular flexibility index (Phi) is 3.66. The number of nitrogens with zero attached hydrogens (tertiary/aromatic N) is 1. The predicted octanol–water partition coefficient (Wildman–Crippen LogP) is 3.85. The Bertz CT molecular complexity index is 820. The molecule has 0 spiro atoms. The lowest BCUT2D eigenvalue weighted by Crippen LogP contribution is -1.95. The Labute approximate surface area is 128 Å². The minimum absolute atomic E-state index is 0.284. The summed E-state index contributed by atoms with van der Waals surface area (Å²) in [6.07, 6.45) is 3.91. The van der Waals surface area contributed by atoms with Gasteiger partial charge in [0.1, 0.15) is 5.75 Å². The van der Waals surface area contributed by atoms with Gasteiger partial charge in [-0.15, -0.1) is 0 Å². The molecule has 0 aliphatic heterocycles. The van der Waals surface area contributed by atoms with E-state index in [1.165, 1.54) is 0 Å². The van der Waals surface area contributed by atoms with Crippen LogP contribution in [0.3, 0.4) is 0 Å². The highest BCUT2D eigenvalue weighted by atomic mass is 16.5. The third kappa shape index (κ3) is 2.72. The van der Waals surface area contributed by atoms with Crippen LogP contribution in [-0.2, 0) is 0 Å². The van der Waals surface area contributed by atoms with Crippen molar-refractivity contribution in [3.8, 4) is 22.6 Å². The van der Waals surface area contributed by atoms with Crippen LogP contribution in [0, 0.1) is 0 Å². The molecule has 1 heterocycles. The number of carbonyl (C=O) groups is 1. The van der Waals surface area contributed by atoms with Crippen LogP contribution in [0.15, 0.2) is 67.0 Å².